The molecule has 1 aromatic carbocycles. The third kappa shape index (κ3) is 3.90. The molecule has 138 valence electrons. The van der Waals surface area contributed by atoms with Crippen LogP contribution in [0.15, 0.2) is 35.4 Å². The average molecular weight is 371 g/mol. The molecule has 0 bridgehead atoms. The summed E-state index contributed by atoms with van der Waals surface area (Å²) < 4.78 is 1.90. The summed E-state index contributed by atoms with van der Waals surface area (Å²) in [5, 5.41) is 7.47. The maximum absolute atomic E-state index is 12.4. The highest BCUT2D eigenvalue weighted by atomic mass is 32.2. The van der Waals surface area contributed by atoms with E-state index in [2.05, 4.69) is 33.5 Å². The molecule has 0 spiro atoms. The van der Waals surface area contributed by atoms with Crippen LogP contribution in [0.25, 0.3) is 0 Å². The van der Waals surface area contributed by atoms with Gasteiger partial charge in [-0.15, -0.1) is 11.8 Å². The Morgan fingerprint density at radius 1 is 1.27 bits per heavy atom. The van der Waals surface area contributed by atoms with Crippen molar-refractivity contribution in [3.8, 4) is 0 Å². The largest absolute Gasteiger partial charge is 0.355 e. The minimum Gasteiger partial charge on any atom is -0.355 e. The van der Waals surface area contributed by atoms with Gasteiger partial charge in [0, 0.05) is 37.1 Å². The Morgan fingerprint density at radius 2 is 2.15 bits per heavy atom. The fourth-order valence-electron chi connectivity index (χ4n) is 4.04. The van der Waals surface area contributed by atoms with Gasteiger partial charge in [0.05, 0.1) is 11.9 Å². The highest BCUT2D eigenvalue weighted by molar-refractivity contribution is 8.00. The summed E-state index contributed by atoms with van der Waals surface area (Å²) >= 11 is 1.64. The Bertz CT molecular complexity index is 788. The molecule has 1 unspecified atom stereocenters. The van der Waals surface area contributed by atoms with E-state index in [0.29, 0.717) is 5.75 Å². The van der Waals surface area contributed by atoms with E-state index < -0.39 is 0 Å². The Morgan fingerprint density at radius 3 is 3.00 bits per heavy atom. The van der Waals surface area contributed by atoms with Gasteiger partial charge in [0.1, 0.15) is 5.82 Å². The molecular formula is C20H26N4OS. The quantitative estimate of drug-likeness (QED) is 0.823. The van der Waals surface area contributed by atoms with Gasteiger partial charge >= 0.3 is 0 Å². The fourth-order valence-corrected chi connectivity index (χ4v) is 4.81. The summed E-state index contributed by atoms with van der Waals surface area (Å²) in [6, 6.07) is 8.91. The van der Waals surface area contributed by atoms with Gasteiger partial charge in [-0.1, -0.05) is 6.07 Å². The van der Waals surface area contributed by atoms with E-state index in [1.165, 1.54) is 35.3 Å². The van der Waals surface area contributed by atoms with Crippen LogP contribution in [0, 0.1) is 0 Å². The van der Waals surface area contributed by atoms with Crippen LogP contribution in [-0.2, 0) is 24.7 Å². The molecule has 0 radical (unpaired) electrons. The van der Waals surface area contributed by atoms with Gasteiger partial charge in [-0.05, 0) is 55.4 Å². The number of nitrogens with zero attached hydrogens (tertiary/aromatic N) is 3. The zero-order valence-electron chi connectivity index (χ0n) is 15.3. The van der Waals surface area contributed by atoms with Crippen LogP contribution >= 0.6 is 11.8 Å². The number of rotatable bonds is 5. The van der Waals surface area contributed by atoms with Crippen molar-refractivity contribution < 1.29 is 4.79 Å². The van der Waals surface area contributed by atoms with Crippen molar-refractivity contribution in [1.82, 2.24) is 15.1 Å². The number of hydrogen-bond acceptors (Lipinski definition) is 4. The molecule has 1 aliphatic heterocycles. The molecule has 1 aliphatic carbocycles. The van der Waals surface area contributed by atoms with Crippen molar-refractivity contribution in [2.45, 2.75) is 43.0 Å². The lowest BCUT2D eigenvalue weighted by Crippen LogP contribution is -2.48. The number of piperidine rings is 1. The van der Waals surface area contributed by atoms with Crippen molar-refractivity contribution in [2.24, 2.45) is 7.05 Å². The number of carbonyl (C=O) groups is 1. The molecule has 1 saturated heterocycles. The number of fused-ring (bicyclic) bond motifs is 1. The van der Waals surface area contributed by atoms with Gasteiger partial charge in [-0.2, -0.15) is 5.10 Å². The second-order valence-electron chi connectivity index (χ2n) is 7.24. The smallest absolute Gasteiger partial charge is 0.230 e. The summed E-state index contributed by atoms with van der Waals surface area (Å²) in [5.41, 5.74) is 2.95. The number of thioether (sulfide) groups is 1. The van der Waals surface area contributed by atoms with E-state index in [0.717, 1.165) is 31.7 Å². The minimum atomic E-state index is 0.132. The maximum atomic E-state index is 12.4. The van der Waals surface area contributed by atoms with E-state index in [1.807, 2.05) is 24.0 Å². The molecule has 1 aromatic heterocycles. The molecule has 1 fully saturated rings. The van der Waals surface area contributed by atoms with E-state index in [4.69, 9.17) is 0 Å². The third-order valence-corrected chi connectivity index (χ3v) is 6.34. The number of aryl methyl sites for hydroxylation is 3. The standard InChI is InChI=1S/C20H26N4OS/c1-23-20(9-10-21-23)24-11-3-6-17(13-24)22-19(25)14-26-18-8-7-15-4-2-5-16(15)12-18/h7-10,12,17H,2-6,11,13-14H2,1H3,(H,22,25). The second kappa shape index (κ2) is 7.74. The first-order valence-electron chi connectivity index (χ1n) is 9.46. The van der Waals surface area contributed by atoms with E-state index in [1.54, 1.807) is 11.8 Å². The zero-order chi connectivity index (χ0) is 17.9. The van der Waals surface area contributed by atoms with Crippen LogP contribution in [0.5, 0.6) is 0 Å². The molecule has 1 atom stereocenters. The molecule has 5 nitrogen and oxygen atoms in total. The van der Waals surface area contributed by atoms with Crippen LogP contribution in [0.3, 0.4) is 0 Å². The van der Waals surface area contributed by atoms with Crippen molar-refractivity contribution >= 4 is 23.5 Å². The number of anilines is 1. The predicted molar refractivity (Wildman–Crippen MR) is 106 cm³/mol. The highest BCUT2D eigenvalue weighted by Crippen LogP contribution is 2.27. The lowest BCUT2D eigenvalue weighted by Gasteiger charge is -2.34. The Labute approximate surface area is 159 Å². The number of aromatic nitrogens is 2. The molecule has 1 N–H and O–H groups in total. The molecule has 2 aromatic rings. The monoisotopic (exact) mass is 370 g/mol. The van der Waals surface area contributed by atoms with Gasteiger partial charge in [-0.25, -0.2) is 0 Å². The third-order valence-electron chi connectivity index (χ3n) is 5.35. The van der Waals surface area contributed by atoms with Gasteiger partial charge in [-0.3, -0.25) is 9.48 Å². The zero-order valence-corrected chi connectivity index (χ0v) is 16.1. The van der Waals surface area contributed by atoms with Crippen LogP contribution in [-0.4, -0.2) is 40.6 Å². The van der Waals surface area contributed by atoms with E-state index in [-0.39, 0.29) is 11.9 Å². The number of benzene rings is 1. The lowest BCUT2D eigenvalue weighted by molar-refractivity contribution is -0.119. The lowest BCUT2D eigenvalue weighted by atomic mass is 10.1. The van der Waals surface area contributed by atoms with Crippen molar-refractivity contribution in [1.29, 1.82) is 0 Å². The Hall–Kier alpha value is -1.95. The summed E-state index contributed by atoms with van der Waals surface area (Å²) in [5.74, 6) is 1.74. The van der Waals surface area contributed by atoms with Crippen molar-refractivity contribution in [3.63, 3.8) is 0 Å². The number of nitrogens with one attached hydrogen (secondary N) is 1. The molecule has 0 saturated carbocycles. The highest BCUT2D eigenvalue weighted by Gasteiger charge is 2.23. The number of hydrogen-bond donors (Lipinski definition) is 1. The maximum Gasteiger partial charge on any atom is 0.230 e. The number of carbonyl (C=O) groups excluding carboxylic acids is 1. The number of amides is 1. The Kier molecular flexibility index (Phi) is 5.20. The molecule has 2 aliphatic rings. The van der Waals surface area contributed by atoms with Crippen molar-refractivity contribution in [3.05, 3.63) is 41.6 Å². The van der Waals surface area contributed by atoms with Crippen LogP contribution in [0.4, 0.5) is 5.82 Å². The van der Waals surface area contributed by atoms with E-state index >= 15 is 0 Å². The Balaban J connectivity index is 1.28. The van der Waals surface area contributed by atoms with Gasteiger partial charge in [0.25, 0.3) is 0 Å². The molecule has 4 rings (SSSR count). The summed E-state index contributed by atoms with van der Waals surface area (Å²) in [4.78, 5) is 15.9. The first-order chi connectivity index (χ1) is 12.7. The van der Waals surface area contributed by atoms with Gasteiger partial charge in [0.2, 0.25) is 5.91 Å². The normalized spacial score (nSPS) is 19.4. The van der Waals surface area contributed by atoms with E-state index in [9.17, 15) is 4.79 Å². The van der Waals surface area contributed by atoms with Gasteiger partial charge in [0.15, 0.2) is 0 Å². The summed E-state index contributed by atoms with van der Waals surface area (Å²) in [7, 11) is 1.96. The van der Waals surface area contributed by atoms with Crippen LogP contribution in [0.2, 0.25) is 0 Å². The predicted octanol–water partition coefficient (Wildman–Crippen LogP) is 2.79. The first kappa shape index (κ1) is 17.5. The topological polar surface area (TPSA) is 50.2 Å². The fraction of sp³-hybridized carbons (Fsp3) is 0.500. The average Bonchev–Trinajstić information content (AvgIpc) is 3.28. The van der Waals surface area contributed by atoms with Gasteiger partial charge < -0.3 is 10.2 Å². The van der Waals surface area contributed by atoms with Crippen molar-refractivity contribution in [2.75, 3.05) is 23.7 Å². The molecule has 1 amide bonds. The summed E-state index contributed by atoms with van der Waals surface area (Å²) in [6.07, 6.45) is 7.61. The molecule has 2 heterocycles. The summed E-state index contributed by atoms with van der Waals surface area (Å²) in [6.45, 7) is 1.88. The second-order valence-corrected chi connectivity index (χ2v) is 8.29. The molecule has 26 heavy (non-hydrogen) atoms. The minimum absolute atomic E-state index is 0.132. The SMILES string of the molecule is Cn1nccc1N1CCCC(NC(=O)CSc2ccc3c(c2)CCC3)C1. The first-order valence-corrected chi connectivity index (χ1v) is 10.4. The molecular weight excluding hydrogens is 344 g/mol. The molecule has 6 heteroatoms. The van der Waals surface area contributed by atoms with Crippen LogP contribution in [0.1, 0.15) is 30.4 Å². The van der Waals surface area contributed by atoms with Crippen LogP contribution < -0.4 is 10.2 Å².